The molecule has 0 saturated carbocycles. The average Bonchev–Trinajstić information content (AvgIpc) is 2.69. The number of benzene rings is 2. The van der Waals surface area contributed by atoms with Gasteiger partial charge >= 0.3 is 0 Å². The molecular formula is C22H28FN3O. The van der Waals surface area contributed by atoms with E-state index in [2.05, 4.69) is 48.8 Å². The summed E-state index contributed by atoms with van der Waals surface area (Å²) in [6.07, 6.45) is 0. The Balaban J connectivity index is 1.65. The second kappa shape index (κ2) is 8.42. The molecule has 2 aromatic carbocycles. The second-order valence-corrected chi connectivity index (χ2v) is 6.93. The molecule has 2 aromatic rings. The summed E-state index contributed by atoms with van der Waals surface area (Å²) < 4.78 is 13.1. The highest BCUT2D eigenvalue weighted by molar-refractivity contribution is 5.94. The predicted octanol–water partition coefficient (Wildman–Crippen LogP) is 3.94. The molecule has 0 aliphatic carbocycles. The van der Waals surface area contributed by atoms with Crippen molar-refractivity contribution in [3.8, 4) is 0 Å². The molecule has 0 aromatic heterocycles. The Hall–Kier alpha value is -2.56. The molecule has 0 spiro atoms. The van der Waals surface area contributed by atoms with Gasteiger partial charge in [0.15, 0.2) is 0 Å². The van der Waals surface area contributed by atoms with E-state index in [0.717, 1.165) is 26.2 Å². The quantitative estimate of drug-likeness (QED) is 0.799. The van der Waals surface area contributed by atoms with Crippen LogP contribution in [-0.4, -0.2) is 50.1 Å². The van der Waals surface area contributed by atoms with Crippen LogP contribution in [-0.2, 0) is 0 Å². The summed E-state index contributed by atoms with van der Waals surface area (Å²) in [5.74, 6) is -0.344. The van der Waals surface area contributed by atoms with Gasteiger partial charge in [-0.1, -0.05) is 0 Å². The summed E-state index contributed by atoms with van der Waals surface area (Å²) in [5.41, 5.74) is 4.30. The molecule has 0 radical (unpaired) electrons. The van der Waals surface area contributed by atoms with Gasteiger partial charge in [0.2, 0.25) is 0 Å². The first kappa shape index (κ1) is 19.2. The first-order valence-electron chi connectivity index (χ1n) is 9.68. The fourth-order valence-electron chi connectivity index (χ4n) is 3.71. The Morgan fingerprint density at radius 2 is 1.63 bits per heavy atom. The lowest BCUT2D eigenvalue weighted by atomic mass is 10.1. The van der Waals surface area contributed by atoms with Crippen LogP contribution in [0, 0.1) is 12.7 Å². The number of hydrogen-bond donors (Lipinski definition) is 0. The zero-order valence-electron chi connectivity index (χ0n) is 16.4. The molecule has 0 unspecified atom stereocenters. The van der Waals surface area contributed by atoms with E-state index in [1.165, 1.54) is 29.1 Å². The molecule has 0 atom stereocenters. The minimum atomic E-state index is -0.319. The third kappa shape index (κ3) is 4.24. The average molecular weight is 369 g/mol. The van der Waals surface area contributed by atoms with E-state index in [1.54, 1.807) is 12.1 Å². The largest absolute Gasteiger partial charge is 0.372 e. The minimum absolute atomic E-state index is 0.0248. The molecule has 1 amide bonds. The number of nitrogens with zero attached hydrogens (tertiary/aromatic N) is 3. The van der Waals surface area contributed by atoms with Gasteiger partial charge in [-0.2, -0.15) is 0 Å². The van der Waals surface area contributed by atoms with E-state index in [0.29, 0.717) is 18.7 Å². The number of aryl methyl sites for hydroxylation is 1. The summed E-state index contributed by atoms with van der Waals surface area (Å²) in [7, 11) is 0. The van der Waals surface area contributed by atoms with Gasteiger partial charge < -0.3 is 14.7 Å². The molecule has 5 heteroatoms. The molecule has 4 nitrogen and oxygen atoms in total. The van der Waals surface area contributed by atoms with Crippen molar-refractivity contribution in [3.05, 3.63) is 59.4 Å². The predicted molar refractivity (Wildman–Crippen MR) is 109 cm³/mol. The monoisotopic (exact) mass is 369 g/mol. The molecule has 1 aliphatic rings. The lowest BCUT2D eigenvalue weighted by Crippen LogP contribution is -2.49. The molecule has 0 bridgehead atoms. The van der Waals surface area contributed by atoms with Crippen LogP contribution in [0.5, 0.6) is 0 Å². The van der Waals surface area contributed by atoms with Crippen LogP contribution < -0.4 is 9.80 Å². The van der Waals surface area contributed by atoms with Crippen molar-refractivity contribution in [1.82, 2.24) is 4.90 Å². The molecule has 1 heterocycles. The first-order chi connectivity index (χ1) is 13.0. The van der Waals surface area contributed by atoms with Crippen molar-refractivity contribution in [2.45, 2.75) is 20.8 Å². The van der Waals surface area contributed by atoms with Crippen molar-refractivity contribution in [1.29, 1.82) is 0 Å². The van der Waals surface area contributed by atoms with Crippen molar-refractivity contribution in [2.75, 3.05) is 49.1 Å². The maximum Gasteiger partial charge on any atom is 0.253 e. The highest BCUT2D eigenvalue weighted by Gasteiger charge is 2.23. The summed E-state index contributed by atoms with van der Waals surface area (Å²) in [4.78, 5) is 19.1. The molecule has 0 N–H and O–H groups in total. The van der Waals surface area contributed by atoms with Crippen LogP contribution >= 0.6 is 0 Å². The van der Waals surface area contributed by atoms with Crippen molar-refractivity contribution < 1.29 is 9.18 Å². The summed E-state index contributed by atoms with van der Waals surface area (Å²) in [6.45, 7) is 11.4. The highest BCUT2D eigenvalue weighted by atomic mass is 19.1. The number of anilines is 2. The van der Waals surface area contributed by atoms with Gasteiger partial charge in [-0.15, -0.1) is 0 Å². The van der Waals surface area contributed by atoms with Gasteiger partial charge in [0, 0.05) is 56.2 Å². The molecule has 1 saturated heterocycles. The van der Waals surface area contributed by atoms with Gasteiger partial charge in [-0.3, -0.25) is 4.79 Å². The maximum atomic E-state index is 13.1. The number of hydrogen-bond acceptors (Lipinski definition) is 3. The molecule has 144 valence electrons. The van der Waals surface area contributed by atoms with Crippen LogP contribution in [0.4, 0.5) is 15.8 Å². The number of halogens is 1. The lowest BCUT2D eigenvalue weighted by Gasteiger charge is -2.37. The Bertz CT molecular complexity index is 779. The van der Waals surface area contributed by atoms with Crippen molar-refractivity contribution in [2.24, 2.45) is 0 Å². The van der Waals surface area contributed by atoms with Gasteiger partial charge in [-0.25, -0.2) is 4.39 Å². The number of piperazine rings is 1. The normalized spacial score (nSPS) is 14.4. The summed E-state index contributed by atoms with van der Waals surface area (Å²) >= 11 is 0. The summed E-state index contributed by atoms with van der Waals surface area (Å²) in [6, 6.07) is 12.4. The summed E-state index contributed by atoms with van der Waals surface area (Å²) in [5, 5.41) is 0. The first-order valence-corrected chi connectivity index (χ1v) is 9.68. The van der Waals surface area contributed by atoms with Crippen LogP contribution in [0.3, 0.4) is 0 Å². The fourth-order valence-corrected chi connectivity index (χ4v) is 3.71. The molecular weight excluding hydrogens is 341 g/mol. The fraction of sp³-hybridized carbons (Fsp3) is 0.409. The lowest BCUT2D eigenvalue weighted by molar-refractivity contribution is 0.0746. The van der Waals surface area contributed by atoms with Crippen molar-refractivity contribution >= 4 is 17.3 Å². The van der Waals surface area contributed by atoms with Crippen LogP contribution in [0.1, 0.15) is 29.8 Å². The SMILES string of the molecule is CCN(CC)c1ccc(N2CCN(C(=O)c3ccc(F)cc3)CC2)c(C)c1. The van der Waals surface area contributed by atoms with Crippen molar-refractivity contribution in [3.63, 3.8) is 0 Å². The number of carbonyl (C=O) groups is 1. The Morgan fingerprint density at radius 3 is 2.19 bits per heavy atom. The number of rotatable bonds is 5. The third-order valence-corrected chi connectivity index (χ3v) is 5.31. The minimum Gasteiger partial charge on any atom is -0.372 e. The number of carbonyl (C=O) groups excluding carboxylic acids is 1. The Labute approximate surface area is 161 Å². The van der Waals surface area contributed by atoms with E-state index in [1.807, 2.05) is 4.90 Å². The molecule has 1 fully saturated rings. The van der Waals surface area contributed by atoms with Crippen LogP contribution in [0.25, 0.3) is 0 Å². The third-order valence-electron chi connectivity index (χ3n) is 5.31. The molecule has 3 rings (SSSR count). The van der Waals surface area contributed by atoms with Gasteiger partial charge in [-0.05, 0) is 68.8 Å². The zero-order chi connectivity index (χ0) is 19.4. The van der Waals surface area contributed by atoms with E-state index >= 15 is 0 Å². The topological polar surface area (TPSA) is 26.8 Å². The maximum absolute atomic E-state index is 13.1. The zero-order valence-corrected chi connectivity index (χ0v) is 16.4. The van der Waals surface area contributed by atoms with E-state index in [9.17, 15) is 9.18 Å². The van der Waals surface area contributed by atoms with Gasteiger partial charge in [0.05, 0.1) is 0 Å². The van der Waals surface area contributed by atoms with Crippen LogP contribution in [0.15, 0.2) is 42.5 Å². The van der Waals surface area contributed by atoms with E-state index in [4.69, 9.17) is 0 Å². The highest BCUT2D eigenvalue weighted by Crippen LogP contribution is 2.27. The van der Waals surface area contributed by atoms with Gasteiger partial charge in [0.25, 0.3) is 5.91 Å². The van der Waals surface area contributed by atoms with E-state index < -0.39 is 0 Å². The standard InChI is InChI=1S/C22H28FN3O/c1-4-24(5-2)20-10-11-21(17(3)16-20)25-12-14-26(15-13-25)22(27)18-6-8-19(23)9-7-18/h6-11,16H,4-5,12-15H2,1-3H3. The second-order valence-electron chi connectivity index (χ2n) is 6.93. The molecule has 1 aliphatic heterocycles. The van der Waals surface area contributed by atoms with Gasteiger partial charge in [0.1, 0.15) is 5.82 Å². The van der Waals surface area contributed by atoms with E-state index in [-0.39, 0.29) is 11.7 Å². The van der Waals surface area contributed by atoms with Crippen LogP contribution in [0.2, 0.25) is 0 Å². The smallest absolute Gasteiger partial charge is 0.253 e. The Morgan fingerprint density at radius 1 is 1.00 bits per heavy atom. The molecule has 27 heavy (non-hydrogen) atoms. The Kier molecular flexibility index (Phi) is 5.99. The number of amides is 1.